The smallest absolute Gasteiger partial charge is 0.190 e. The quantitative estimate of drug-likeness (QED) is 0.273. The van der Waals surface area contributed by atoms with Crippen molar-refractivity contribution < 1.29 is 0 Å². The standard InChI is InChI=1S/C18H33N5S.HI/c1-16(17-7-4-14-24-17)15-21-18(19-2)20-8-5-10-23-11-6-9-22(3)12-13-23;/h4,7,14,16H,5-6,8-13,15H2,1-3H3,(H2,19,20,21);1H. The molecule has 2 heterocycles. The van der Waals surface area contributed by atoms with Crippen LogP contribution in [0, 0.1) is 0 Å². The van der Waals surface area contributed by atoms with E-state index in [9.17, 15) is 0 Å². The van der Waals surface area contributed by atoms with E-state index in [-0.39, 0.29) is 24.0 Å². The maximum absolute atomic E-state index is 4.33. The molecule has 144 valence electrons. The van der Waals surface area contributed by atoms with Gasteiger partial charge in [0.05, 0.1) is 0 Å². The SMILES string of the molecule is CN=C(NCCCN1CCCN(C)CC1)NCC(C)c1cccs1.I. The summed E-state index contributed by atoms with van der Waals surface area (Å²) in [6.07, 6.45) is 2.44. The van der Waals surface area contributed by atoms with Gasteiger partial charge < -0.3 is 20.4 Å². The van der Waals surface area contributed by atoms with Crippen LogP contribution in [0.1, 0.15) is 30.6 Å². The van der Waals surface area contributed by atoms with E-state index >= 15 is 0 Å². The Morgan fingerprint density at radius 1 is 1.28 bits per heavy atom. The molecule has 1 saturated heterocycles. The molecule has 1 aliphatic heterocycles. The van der Waals surface area contributed by atoms with Crippen molar-refractivity contribution in [3.8, 4) is 0 Å². The Bertz CT molecular complexity index is 480. The molecule has 0 radical (unpaired) electrons. The summed E-state index contributed by atoms with van der Waals surface area (Å²) >= 11 is 1.82. The highest BCUT2D eigenvalue weighted by atomic mass is 127. The molecule has 1 unspecified atom stereocenters. The van der Waals surface area contributed by atoms with Crippen molar-refractivity contribution >= 4 is 41.3 Å². The van der Waals surface area contributed by atoms with Crippen LogP contribution in [-0.2, 0) is 0 Å². The molecule has 1 aliphatic rings. The van der Waals surface area contributed by atoms with E-state index in [0.29, 0.717) is 5.92 Å². The predicted molar refractivity (Wildman–Crippen MR) is 121 cm³/mol. The van der Waals surface area contributed by atoms with E-state index < -0.39 is 0 Å². The highest BCUT2D eigenvalue weighted by Crippen LogP contribution is 2.19. The average Bonchev–Trinajstić information content (AvgIpc) is 3.05. The molecule has 1 atom stereocenters. The maximum Gasteiger partial charge on any atom is 0.190 e. The fourth-order valence-corrected chi connectivity index (χ4v) is 3.76. The van der Waals surface area contributed by atoms with Gasteiger partial charge in [-0.3, -0.25) is 4.99 Å². The molecule has 7 heteroatoms. The van der Waals surface area contributed by atoms with Gasteiger partial charge in [0.2, 0.25) is 0 Å². The molecule has 2 N–H and O–H groups in total. The van der Waals surface area contributed by atoms with Gasteiger partial charge in [0.15, 0.2) is 5.96 Å². The Morgan fingerprint density at radius 3 is 2.84 bits per heavy atom. The van der Waals surface area contributed by atoms with Crippen LogP contribution in [0.4, 0.5) is 0 Å². The summed E-state index contributed by atoms with van der Waals surface area (Å²) in [5.74, 6) is 1.42. The van der Waals surface area contributed by atoms with Crippen LogP contribution in [0.2, 0.25) is 0 Å². The monoisotopic (exact) mass is 479 g/mol. The number of rotatable bonds is 7. The van der Waals surface area contributed by atoms with Crippen LogP contribution in [0.5, 0.6) is 0 Å². The highest BCUT2D eigenvalue weighted by Gasteiger charge is 2.11. The average molecular weight is 479 g/mol. The zero-order valence-corrected chi connectivity index (χ0v) is 19.0. The van der Waals surface area contributed by atoms with Gasteiger partial charge in [0, 0.05) is 44.0 Å². The second-order valence-electron chi connectivity index (χ2n) is 6.65. The van der Waals surface area contributed by atoms with Gasteiger partial charge >= 0.3 is 0 Å². The van der Waals surface area contributed by atoms with E-state index in [1.165, 1.54) is 44.0 Å². The Labute approximate surface area is 174 Å². The largest absolute Gasteiger partial charge is 0.356 e. The molecular weight excluding hydrogens is 445 g/mol. The van der Waals surface area contributed by atoms with Crippen LogP contribution in [-0.4, -0.2) is 75.7 Å². The number of aliphatic imine (C=N–C) groups is 1. The highest BCUT2D eigenvalue weighted by molar-refractivity contribution is 14.0. The van der Waals surface area contributed by atoms with Gasteiger partial charge in [-0.2, -0.15) is 0 Å². The number of guanidine groups is 1. The Morgan fingerprint density at radius 2 is 2.12 bits per heavy atom. The lowest BCUT2D eigenvalue weighted by Gasteiger charge is -2.20. The molecule has 5 nitrogen and oxygen atoms in total. The van der Waals surface area contributed by atoms with E-state index in [1.54, 1.807) is 0 Å². The number of hydrogen-bond acceptors (Lipinski definition) is 4. The van der Waals surface area contributed by atoms with Crippen LogP contribution in [0.3, 0.4) is 0 Å². The van der Waals surface area contributed by atoms with Gasteiger partial charge in [-0.05, 0) is 51.0 Å². The molecule has 1 aromatic rings. The normalized spacial score (nSPS) is 18.3. The summed E-state index contributed by atoms with van der Waals surface area (Å²) < 4.78 is 0. The first kappa shape index (κ1) is 22.7. The molecule has 1 aromatic heterocycles. The third kappa shape index (κ3) is 8.70. The first-order valence-electron chi connectivity index (χ1n) is 9.08. The second-order valence-corrected chi connectivity index (χ2v) is 7.63. The van der Waals surface area contributed by atoms with Crippen molar-refractivity contribution in [1.82, 2.24) is 20.4 Å². The molecule has 2 rings (SSSR count). The first-order valence-corrected chi connectivity index (χ1v) is 9.96. The van der Waals surface area contributed by atoms with Crippen molar-refractivity contribution in [2.24, 2.45) is 4.99 Å². The Balaban J connectivity index is 0.00000312. The molecular formula is C18H34IN5S. The third-order valence-electron chi connectivity index (χ3n) is 4.58. The minimum atomic E-state index is 0. The molecule has 0 bridgehead atoms. The fourth-order valence-electron chi connectivity index (χ4n) is 2.98. The molecule has 0 spiro atoms. The predicted octanol–water partition coefficient (Wildman–Crippen LogP) is 2.66. The number of thiophene rings is 1. The van der Waals surface area contributed by atoms with Crippen LogP contribution < -0.4 is 10.6 Å². The fraction of sp³-hybridized carbons (Fsp3) is 0.722. The topological polar surface area (TPSA) is 42.9 Å². The molecule has 0 aromatic carbocycles. The molecule has 1 fully saturated rings. The van der Waals surface area contributed by atoms with Crippen molar-refractivity contribution in [1.29, 1.82) is 0 Å². The van der Waals surface area contributed by atoms with Gasteiger partial charge in [0.25, 0.3) is 0 Å². The molecule has 0 saturated carbocycles. The summed E-state index contributed by atoms with van der Waals surface area (Å²) in [5, 5.41) is 9.01. The van der Waals surface area contributed by atoms with Crippen molar-refractivity contribution in [2.75, 3.05) is 59.9 Å². The number of halogens is 1. The zero-order valence-electron chi connectivity index (χ0n) is 15.8. The third-order valence-corrected chi connectivity index (χ3v) is 5.69. The number of hydrogen-bond donors (Lipinski definition) is 2. The summed E-state index contributed by atoms with van der Waals surface area (Å²) in [4.78, 5) is 10.8. The van der Waals surface area contributed by atoms with Crippen molar-refractivity contribution in [3.05, 3.63) is 22.4 Å². The summed E-state index contributed by atoms with van der Waals surface area (Å²) in [5.41, 5.74) is 0. The summed E-state index contributed by atoms with van der Waals surface area (Å²) in [6.45, 7) is 10.2. The second kappa shape index (κ2) is 12.9. The van der Waals surface area contributed by atoms with E-state index in [4.69, 9.17) is 0 Å². The van der Waals surface area contributed by atoms with Gasteiger partial charge in [0.1, 0.15) is 0 Å². The molecule has 0 aliphatic carbocycles. The van der Waals surface area contributed by atoms with E-state index in [0.717, 1.165) is 25.5 Å². The van der Waals surface area contributed by atoms with Gasteiger partial charge in [-0.15, -0.1) is 35.3 Å². The van der Waals surface area contributed by atoms with Crippen molar-refractivity contribution in [2.45, 2.75) is 25.7 Å². The van der Waals surface area contributed by atoms with Crippen LogP contribution in [0.15, 0.2) is 22.5 Å². The molecule has 25 heavy (non-hydrogen) atoms. The van der Waals surface area contributed by atoms with Crippen LogP contribution >= 0.6 is 35.3 Å². The molecule has 0 amide bonds. The Hall–Kier alpha value is -0.380. The minimum absolute atomic E-state index is 0. The first-order chi connectivity index (χ1) is 11.7. The number of nitrogens with one attached hydrogen (secondary N) is 2. The lowest BCUT2D eigenvalue weighted by molar-refractivity contribution is 0.274. The Kier molecular flexibility index (Phi) is 11.7. The van der Waals surface area contributed by atoms with E-state index in [2.05, 4.69) is 56.9 Å². The van der Waals surface area contributed by atoms with Crippen LogP contribution in [0.25, 0.3) is 0 Å². The number of likely N-dealkylation sites (N-methyl/N-ethyl adjacent to an activating group) is 1. The summed E-state index contributed by atoms with van der Waals surface area (Å²) in [7, 11) is 4.06. The van der Waals surface area contributed by atoms with Gasteiger partial charge in [-0.25, -0.2) is 0 Å². The van der Waals surface area contributed by atoms with E-state index in [1.807, 2.05) is 18.4 Å². The van der Waals surface area contributed by atoms with Crippen molar-refractivity contribution in [3.63, 3.8) is 0 Å². The lowest BCUT2D eigenvalue weighted by atomic mass is 10.1. The summed E-state index contributed by atoms with van der Waals surface area (Å²) in [6, 6.07) is 4.32. The lowest BCUT2D eigenvalue weighted by Crippen LogP contribution is -2.40. The number of nitrogens with zero attached hydrogens (tertiary/aromatic N) is 3. The maximum atomic E-state index is 4.33. The zero-order chi connectivity index (χ0) is 17.2. The minimum Gasteiger partial charge on any atom is -0.356 e. The van der Waals surface area contributed by atoms with Gasteiger partial charge in [-0.1, -0.05) is 13.0 Å².